The van der Waals surface area contributed by atoms with Gasteiger partial charge in [0, 0.05) is 70.4 Å². The molecule has 30 heavy (non-hydrogen) atoms. The van der Waals surface area contributed by atoms with Gasteiger partial charge >= 0.3 is 0 Å². The molecular weight excluding hydrogens is 414 g/mol. The molecule has 9 heteroatoms. The van der Waals surface area contributed by atoms with E-state index in [4.69, 9.17) is 0 Å². The van der Waals surface area contributed by atoms with Crippen LogP contribution in [0.25, 0.3) is 22.5 Å². The van der Waals surface area contributed by atoms with Crippen LogP contribution in [0.1, 0.15) is 0 Å². The molecule has 0 aromatic carbocycles. The van der Waals surface area contributed by atoms with Crippen molar-refractivity contribution in [1.82, 2.24) is 24.9 Å². The summed E-state index contributed by atoms with van der Waals surface area (Å²) in [6.07, 6.45) is 10.6. The molecule has 0 saturated carbocycles. The number of nitrogens with one attached hydrogen (secondary N) is 2. The van der Waals surface area contributed by atoms with Crippen molar-refractivity contribution < 1.29 is 0 Å². The Balaban J connectivity index is 1.35. The van der Waals surface area contributed by atoms with E-state index in [-0.39, 0.29) is 0 Å². The van der Waals surface area contributed by atoms with E-state index in [1.165, 1.54) is 0 Å². The number of thiazole rings is 2. The van der Waals surface area contributed by atoms with Crippen molar-refractivity contribution in [2.75, 3.05) is 10.6 Å². The molecule has 0 bridgehead atoms. The molecule has 0 aliphatic rings. The molecule has 0 spiro atoms. The Morgan fingerprint density at radius 1 is 0.600 bits per heavy atom. The van der Waals surface area contributed by atoms with Crippen LogP contribution in [0.15, 0.2) is 78.3 Å². The van der Waals surface area contributed by atoms with Gasteiger partial charge in [-0.05, 0) is 30.3 Å². The van der Waals surface area contributed by atoms with Gasteiger partial charge in [-0.1, -0.05) is 0 Å². The summed E-state index contributed by atoms with van der Waals surface area (Å²) in [6.45, 7) is 0. The number of rotatable bonds is 6. The molecule has 0 aliphatic carbocycles. The topological polar surface area (TPSA) is 88.5 Å². The number of nitrogens with zero attached hydrogens (tertiary/aromatic N) is 5. The van der Waals surface area contributed by atoms with Gasteiger partial charge in [0.15, 0.2) is 10.3 Å². The maximum absolute atomic E-state index is 4.68. The molecule has 0 amide bonds. The highest BCUT2D eigenvalue weighted by molar-refractivity contribution is 7.14. The van der Waals surface area contributed by atoms with Crippen LogP contribution in [0.3, 0.4) is 0 Å². The predicted octanol–water partition coefficient (Wildman–Crippen LogP) is 5.61. The van der Waals surface area contributed by atoms with Gasteiger partial charge in [0.25, 0.3) is 0 Å². The monoisotopic (exact) mass is 429 g/mol. The van der Waals surface area contributed by atoms with Gasteiger partial charge in [0.05, 0.1) is 11.4 Å². The second-order valence-corrected chi connectivity index (χ2v) is 7.98. The van der Waals surface area contributed by atoms with Gasteiger partial charge in [-0.15, -0.1) is 22.7 Å². The molecule has 0 fully saturated rings. The lowest BCUT2D eigenvalue weighted by atomic mass is 10.1. The summed E-state index contributed by atoms with van der Waals surface area (Å²) in [5.41, 5.74) is 5.54. The average molecular weight is 430 g/mol. The lowest BCUT2D eigenvalue weighted by Gasteiger charge is -2.02. The summed E-state index contributed by atoms with van der Waals surface area (Å²) in [7, 11) is 0. The first-order valence-corrected chi connectivity index (χ1v) is 10.8. The third kappa shape index (κ3) is 4.17. The minimum Gasteiger partial charge on any atom is -0.331 e. The SMILES string of the molecule is c1cc(Nc2nc(-c3cncc(-c4csc(Nc5ccncc5)n4)c3)cs2)ccn1. The summed E-state index contributed by atoms with van der Waals surface area (Å²) < 4.78 is 0. The number of hydrogen-bond donors (Lipinski definition) is 2. The molecule has 0 radical (unpaired) electrons. The molecule has 5 aromatic rings. The molecular formula is C21H15N7S2. The summed E-state index contributed by atoms with van der Waals surface area (Å²) >= 11 is 3.09. The fourth-order valence-electron chi connectivity index (χ4n) is 2.77. The van der Waals surface area contributed by atoms with E-state index in [0.717, 1.165) is 44.2 Å². The molecule has 0 unspecified atom stereocenters. The Labute approximate surface area is 180 Å². The number of anilines is 4. The van der Waals surface area contributed by atoms with Crippen LogP contribution in [0, 0.1) is 0 Å². The van der Waals surface area contributed by atoms with Gasteiger partial charge in [0.1, 0.15) is 0 Å². The van der Waals surface area contributed by atoms with Crippen molar-refractivity contribution in [3.63, 3.8) is 0 Å². The van der Waals surface area contributed by atoms with E-state index < -0.39 is 0 Å². The molecule has 0 saturated heterocycles. The van der Waals surface area contributed by atoms with Crippen molar-refractivity contribution in [3.05, 3.63) is 78.3 Å². The lowest BCUT2D eigenvalue weighted by molar-refractivity contribution is 1.28. The van der Waals surface area contributed by atoms with Gasteiger partial charge in [0.2, 0.25) is 0 Å². The highest BCUT2D eigenvalue weighted by atomic mass is 32.1. The van der Waals surface area contributed by atoms with Crippen LogP contribution in [0.2, 0.25) is 0 Å². The molecule has 5 aromatic heterocycles. The second kappa shape index (κ2) is 8.36. The van der Waals surface area contributed by atoms with Crippen molar-refractivity contribution in [1.29, 1.82) is 0 Å². The number of pyridine rings is 3. The Hall–Kier alpha value is -3.69. The number of aromatic nitrogens is 5. The highest BCUT2D eigenvalue weighted by Gasteiger charge is 2.10. The predicted molar refractivity (Wildman–Crippen MR) is 121 cm³/mol. The third-order valence-electron chi connectivity index (χ3n) is 4.20. The summed E-state index contributed by atoms with van der Waals surface area (Å²) in [5.74, 6) is 0. The van der Waals surface area contributed by atoms with Crippen LogP contribution in [0.5, 0.6) is 0 Å². The standard InChI is InChI=1S/C21H15N7S2/c1-5-22-6-2-16(1)25-20-27-18(12-29-20)14-9-15(11-24-10-14)19-13-30-21(28-19)26-17-3-7-23-8-4-17/h1-13H,(H,22,25,27)(H,23,26,28). The first kappa shape index (κ1) is 18.3. The van der Waals surface area contributed by atoms with Crippen LogP contribution in [-0.2, 0) is 0 Å². The Kier molecular flexibility index (Phi) is 5.11. The van der Waals surface area contributed by atoms with Crippen LogP contribution >= 0.6 is 22.7 Å². The van der Waals surface area contributed by atoms with Crippen molar-refractivity contribution in [2.24, 2.45) is 0 Å². The largest absolute Gasteiger partial charge is 0.331 e. The van der Waals surface area contributed by atoms with Gasteiger partial charge < -0.3 is 10.6 Å². The van der Waals surface area contributed by atoms with E-state index in [1.54, 1.807) is 47.5 Å². The molecule has 146 valence electrons. The normalized spacial score (nSPS) is 10.7. The van der Waals surface area contributed by atoms with E-state index in [9.17, 15) is 0 Å². The maximum Gasteiger partial charge on any atom is 0.187 e. The first-order chi connectivity index (χ1) is 14.8. The van der Waals surface area contributed by atoms with Crippen molar-refractivity contribution >= 4 is 44.3 Å². The molecule has 5 heterocycles. The first-order valence-electron chi connectivity index (χ1n) is 9.04. The minimum absolute atomic E-state index is 0.819. The fourth-order valence-corrected chi connectivity index (χ4v) is 4.24. The highest BCUT2D eigenvalue weighted by Crippen LogP contribution is 2.31. The zero-order chi connectivity index (χ0) is 20.2. The van der Waals surface area contributed by atoms with Crippen LogP contribution < -0.4 is 10.6 Å². The lowest BCUT2D eigenvalue weighted by Crippen LogP contribution is -1.90. The zero-order valence-electron chi connectivity index (χ0n) is 15.6. The van der Waals surface area contributed by atoms with Gasteiger partial charge in [-0.25, -0.2) is 9.97 Å². The van der Waals surface area contributed by atoms with Crippen molar-refractivity contribution in [2.45, 2.75) is 0 Å². The van der Waals surface area contributed by atoms with Gasteiger partial charge in [-0.2, -0.15) is 0 Å². The minimum atomic E-state index is 0.819. The van der Waals surface area contributed by atoms with E-state index in [2.05, 4.69) is 41.6 Å². The van der Waals surface area contributed by atoms with Crippen LogP contribution in [0.4, 0.5) is 21.6 Å². The summed E-state index contributed by atoms with van der Waals surface area (Å²) in [4.78, 5) is 21.8. The molecule has 0 aliphatic heterocycles. The second-order valence-electron chi connectivity index (χ2n) is 6.26. The van der Waals surface area contributed by atoms with E-state index in [0.29, 0.717) is 0 Å². The molecule has 0 atom stereocenters. The fraction of sp³-hybridized carbons (Fsp3) is 0. The molecule has 7 nitrogen and oxygen atoms in total. The Morgan fingerprint density at radius 2 is 1.07 bits per heavy atom. The maximum atomic E-state index is 4.68. The van der Waals surface area contributed by atoms with Crippen LogP contribution in [-0.4, -0.2) is 24.9 Å². The van der Waals surface area contributed by atoms with E-state index >= 15 is 0 Å². The average Bonchev–Trinajstić information content (AvgIpc) is 3.45. The molecule has 2 N–H and O–H groups in total. The number of hydrogen-bond acceptors (Lipinski definition) is 9. The zero-order valence-corrected chi connectivity index (χ0v) is 17.2. The Morgan fingerprint density at radius 3 is 1.53 bits per heavy atom. The summed E-state index contributed by atoms with van der Waals surface area (Å²) in [6, 6.07) is 9.68. The quantitative estimate of drug-likeness (QED) is 0.363. The third-order valence-corrected chi connectivity index (χ3v) is 5.72. The molecule has 5 rings (SSSR count). The smallest absolute Gasteiger partial charge is 0.187 e. The summed E-state index contributed by atoms with van der Waals surface area (Å²) in [5, 5.41) is 12.2. The van der Waals surface area contributed by atoms with Crippen molar-refractivity contribution in [3.8, 4) is 22.5 Å². The van der Waals surface area contributed by atoms with E-state index in [1.807, 2.05) is 47.4 Å². The Bertz CT molecular complexity index is 1160. The van der Waals surface area contributed by atoms with Gasteiger partial charge in [-0.3, -0.25) is 15.0 Å².